The maximum Gasteiger partial charge on any atom is 0.418 e. The fraction of sp³-hybridized carbons (Fsp3) is 0.200. The zero-order chi connectivity index (χ0) is 33.9. The van der Waals surface area contributed by atoms with Crippen LogP contribution in [-0.4, -0.2) is 41.6 Å². The molecule has 7 rings (SSSR count). The van der Waals surface area contributed by atoms with Crippen molar-refractivity contribution in [1.82, 2.24) is 4.57 Å². The van der Waals surface area contributed by atoms with E-state index in [1.165, 1.54) is 16.7 Å². The second kappa shape index (κ2) is 12.0. The summed E-state index contributed by atoms with van der Waals surface area (Å²) in [4.78, 5) is 57.5. The minimum absolute atomic E-state index is 0.341. The van der Waals surface area contributed by atoms with Gasteiger partial charge in [0.15, 0.2) is 0 Å². The fourth-order valence-corrected chi connectivity index (χ4v) is 9.12. The number of carbonyl (C=O) groups is 3. The van der Waals surface area contributed by atoms with Crippen LogP contribution in [-0.2, 0) is 27.1 Å². The number of rotatable bonds is 6. The Balaban J connectivity index is 1.28. The van der Waals surface area contributed by atoms with E-state index in [0.29, 0.717) is 26.1 Å². The molecule has 13 heteroatoms. The van der Waals surface area contributed by atoms with Crippen molar-refractivity contribution in [3.63, 3.8) is 0 Å². The molecule has 8 nitrogen and oxygen atoms in total. The van der Waals surface area contributed by atoms with Gasteiger partial charge in [0.25, 0.3) is 0 Å². The Morgan fingerprint density at radius 2 is 1.56 bits per heavy atom. The van der Waals surface area contributed by atoms with Crippen molar-refractivity contribution in [3.8, 4) is 0 Å². The maximum absolute atomic E-state index is 14.1. The van der Waals surface area contributed by atoms with E-state index in [2.05, 4.69) is 5.32 Å². The smallest absolute Gasteiger partial charge is 0.378 e. The highest BCUT2D eigenvalue weighted by atomic mass is 32.2. The number of thiazole rings is 1. The van der Waals surface area contributed by atoms with Crippen LogP contribution in [0.3, 0.4) is 0 Å². The van der Waals surface area contributed by atoms with E-state index < -0.39 is 57.1 Å². The van der Waals surface area contributed by atoms with E-state index in [-0.39, 0.29) is 6.54 Å². The van der Waals surface area contributed by atoms with Crippen molar-refractivity contribution in [2.45, 2.75) is 28.9 Å². The molecule has 3 amide bonds. The first kappa shape index (κ1) is 31.7. The van der Waals surface area contributed by atoms with E-state index in [0.717, 1.165) is 51.7 Å². The molecule has 3 atom stereocenters. The number of carbonyl (C=O) groups excluding carboxylic acids is 3. The Morgan fingerprint density at radius 1 is 0.875 bits per heavy atom. The summed E-state index contributed by atoms with van der Waals surface area (Å²) < 4.78 is 43.4. The summed E-state index contributed by atoms with van der Waals surface area (Å²) in [6, 6.07) is 24.9. The van der Waals surface area contributed by atoms with E-state index in [1.54, 1.807) is 18.2 Å². The minimum atomic E-state index is -4.81. The van der Waals surface area contributed by atoms with Gasteiger partial charge in [0.05, 0.1) is 22.2 Å². The summed E-state index contributed by atoms with van der Waals surface area (Å²) in [6.07, 6.45) is -4.81. The number of nitrogens with zero attached hydrogens (tertiary/aromatic N) is 3. The number of para-hydroxylation sites is 1. The molecule has 0 aliphatic carbocycles. The third-order valence-corrected chi connectivity index (χ3v) is 11.2. The first-order chi connectivity index (χ1) is 22.9. The normalized spacial score (nSPS) is 18.9. The fourth-order valence-electron chi connectivity index (χ4n) is 6.35. The molecule has 4 aromatic carbocycles. The highest BCUT2D eigenvalue weighted by molar-refractivity contribution is 8.00. The molecule has 1 saturated heterocycles. The van der Waals surface area contributed by atoms with Gasteiger partial charge in [-0.2, -0.15) is 13.2 Å². The largest absolute Gasteiger partial charge is 0.418 e. The summed E-state index contributed by atoms with van der Waals surface area (Å²) in [5.74, 6) is -3.96. The van der Waals surface area contributed by atoms with E-state index >= 15 is 0 Å². The summed E-state index contributed by atoms with van der Waals surface area (Å²) in [5.41, 5.74) is 0.397. The number of halogens is 3. The molecule has 2 aliphatic heterocycles. The van der Waals surface area contributed by atoms with E-state index in [9.17, 15) is 32.3 Å². The second-order valence-corrected chi connectivity index (χ2v) is 13.9. The first-order valence-corrected chi connectivity index (χ1v) is 16.6. The number of hydrogen-bond donors (Lipinski definition) is 1. The standard InChI is InChI=1S/C35H27F3N4O4S2/c1-40(2)23-15-12-20(13-16-23)27-28-29(32(45)42(31(28)44)25-10-6-5-9-24(25)35(36,37)38)47-33-30(27)48-34(46)41(33)18-26(43)39-22-14-11-19-7-3-4-8-21(19)17-22/h3-17,27-29H,18H2,1-2H3,(H,39,43)/t27-,28?,29?/m1/s1. The van der Waals surface area contributed by atoms with Crippen molar-refractivity contribution >= 4 is 68.7 Å². The zero-order valence-corrected chi connectivity index (χ0v) is 27.2. The Bertz CT molecular complexity index is 2160. The lowest BCUT2D eigenvalue weighted by Gasteiger charge is -2.31. The molecular weight excluding hydrogens is 662 g/mol. The monoisotopic (exact) mass is 688 g/mol. The van der Waals surface area contributed by atoms with Crippen molar-refractivity contribution in [2.24, 2.45) is 5.92 Å². The highest BCUT2D eigenvalue weighted by Crippen LogP contribution is 2.54. The number of aromatic nitrogens is 1. The van der Waals surface area contributed by atoms with Crippen molar-refractivity contribution in [3.05, 3.63) is 117 Å². The van der Waals surface area contributed by atoms with Crippen LogP contribution in [0.5, 0.6) is 0 Å². The molecule has 0 radical (unpaired) electrons. The molecule has 244 valence electrons. The van der Waals surface area contributed by atoms with Crippen LogP contribution in [0.25, 0.3) is 10.8 Å². The molecule has 1 aromatic heterocycles. The Morgan fingerprint density at radius 3 is 2.27 bits per heavy atom. The van der Waals surface area contributed by atoms with E-state index in [4.69, 9.17) is 0 Å². The van der Waals surface area contributed by atoms with Gasteiger partial charge >= 0.3 is 11.0 Å². The number of alkyl halides is 3. The molecule has 1 N–H and O–H groups in total. The second-order valence-electron chi connectivity index (χ2n) is 11.8. The van der Waals surface area contributed by atoms with Crippen LogP contribution in [0.4, 0.5) is 30.2 Å². The van der Waals surface area contributed by atoms with Crippen LogP contribution < -0.4 is 20.0 Å². The van der Waals surface area contributed by atoms with Gasteiger partial charge in [-0.15, -0.1) is 0 Å². The number of thioether (sulfide) groups is 1. The van der Waals surface area contributed by atoms with Gasteiger partial charge in [-0.25, -0.2) is 4.90 Å². The molecule has 2 aliphatic rings. The third kappa shape index (κ3) is 5.46. The highest BCUT2D eigenvalue weighted by Gasteiger charge is 2.57. The maximum atomic E-state index is 14.1. The SMILES string of the molecule is CN(C)c1ccc([C@H]2c3sc(=O)n(CC(=O)Nc4ccc5ccccc5c4)c3SC3C(=O)N(c4ccccc4C(F)(F)F)C(=O)C32)cc1. The number of anilines is 3. The predicted molar refractivity (Wildman–Crippen MR) is 181 cm³/mol. The quantitative estimate of drug-likeness (QED) is 0.203. The molecular formula is C35H27F3N4O4S2. The van der Waals surface area contributed by atoms with E-state index in [1.807, 2.05) is 67.5 Å². The number of hydrogen-bond acceptors (Lipinski definition) is 7. The summed E-state index contributed by atoms with van der Waals surface area (Å²) in [6.45, 7) is -0.364. The predicted octanol–water partition coefficient (Wildman–Crippen LogP) is 6.58. The summed E-state index contributed by atoms with van der Waals surface area (Å²) >= 11 is 1.82. The van der Waals surface area contributed by atoms with Gasteiger partial charge in [0, 0.05) is 36.3 Å². The first-order valence-electron chi connectivity index (χ1n) is 14.9. The lowest BCUT2D eigenvalue weighted by atomic mass is 9.83. The Hall–Kier alpha value is -4.88. The Labute approximate surface area is 280 Å². The number of benzene rings is 4. The van der Waals surface area contributed by atoms with Gasteiger partial charge in [0.1, 0.15) is 11.8 Å². The molecule has 48 heavy (non-hydrogen) atoms. The number of fused-ring (bicyclic) bond motifs is 3. The van der Waals surface area contributed by atoms with Crippen molar-refractivity contribution in [1.29, 1.82) is 0 Å². The topological polar surface area (TPSA) is 91.7 Å². The lowest BCUT2D eigenvalue weighted by Crippen LogP contribution is -2.33. The van der Waals surface area contributed by atoms with Gasteiger partial charge in [0.2, 0.25) is 17.7 Å². The van der Waals surface area contributed by atoms with Gasteiger partial charge in [-0.1, -0.05) is 77.7 Å². The molecule has 0 bridgehead atoms. The average Bonchev–Trinajstić information content (AvgIpc) is 3.50. The number of nitrogens with one attached hydrogen (secondary N) is 1. The average molecular weight is 689 g/mol. The molecule has 5 aromatic rings. The minimum Gasteiger partial charge on any atom is -0.378 e. The molecule has 3 heterocycles. The van der Waals surface area contributed by atoms with Crippen LogP contribution >= 0.6 is 23.1 Å². The van der Waals surface area contributed by atoms with Gasteiger partial charge < -0.3 is 10.2 Å². The van der Waals surface area contributed by atoms with Crippen molar-refractivity contribution < 1.29 is 27.6 Å². The molecule has 0 saturated carbocycles. The molecule has 1 fully saturated rings. The van der Waals surface area contributed by atoms with Crippen LogP contribution in [0.1, 0.15) is 21.9 Å². The zero-order valence-electron chi connectivity index (χ0n) is 25.5. The summed E-state index contributed by atoms with van der Waals surface area (Å²) in [5, 5.41) is 3.96. The molecule has 2 unspecified atom stereocenters. The third-order valence-electron chi connectivity index (χ3n) is 8.60. The summed E-state index contributed by atoms with van der Waals surface area (Å²) in [7, 11) is 3.73. The van der Waals surface area contributed by atoms with Crippen molar-refractivity contribution in [2.75, 3.05) is 29.2 Å². The van der Waals surface area contributed by atoms with Gasteiger partial charge in [-0.3, -0.25) is 23.7 Å². The van der Waals surface area contributed by atoms with Crippen LogP contribution in [0, 0.1) is 5.92 Å². The number of imide groups is 1. The van der Waals surface area contributed by atoms with Crippen LogP contribution in [0.2, 0.25) is 0 Å². The number of amides is 3. The molecule has 0 spiro atoms. The lowest BCUT2D eigenvalue weighted by molar-refractivity contribution is -0.137. The van der Waals surface area contributed by atoms with Gasteiger partial charge in [-0.05, 0) is 52.7 Å². The van der Waals surface area contributed by atoms with Crippen LogP contribution in [0.15, 0.2) is 101 Å². The Kier molecular flexibility index (Phi) is 7.91.